The van der Waals surface area contributed by atoms with Crippen LogP contribution in [0.15, 0.2) is 4.99 Å². The van der Waals surface area contributed by atoms with E-state index in [2.05, 4.69) is 32.6 Å². The Morgan fingerprint density at radius 2 is 1.78 bits per heavy atom. The van der Waals surface area contributed by atoms with Crippen LogP contribution in [0.4, 0.5) is 0 Å². The molecule has 106 valence electrons. The fourth-order valence-electron chi connectivity index (χ4n) is 2.38. The zero-order valence-corrected chi connectivity index (χ0v) is 13.0. The van der Waals surface area contributed by atoms with E-state index in [0.717, 1.165) is 13.0 Å². The van der Waals surface area contributed by atoms with Gasteiger partial charge in [0.15, 0.2) is 0 Å². The van der Waals surface area contributed by atoms with Crippen molar-refractivity contribution in [3.05, 3.63) is 0 Å². The first-order chi connectivity index (χ1) is 8.47. The summed E-state index contributed by atoms with van der Waals surface area (Å²) in [7, 11) is 0. The van der Waals surface area contributed by atoms with Crippen molar-refractivity contribution in [2.45, 2.75) is 66.2 Å². The van der Waals surface area contributed by atoms with Crippen molar-refractivity contribution in [2.75, 3.05) is 26.2 Å². The average molecular weight is 252 g/mol. The Morgan fingerprint density at radius 3 is 2.39 bits per heavy atom. The highest BCUT2D eigenvalue weighted by molar-refractivity contribution is 5.81. The second kappa shape index (κ2) is 7.93. The van der Waals surface area contributed by atoms with Crippen LogP contribution < -0.4 is 0 Å². The first-order valence-electron chi connectivity index (χ1n) is 7.70. The van der Waals surface area contributed by atoms with Crippen LogP contribution in [-0.2, 0) is 0 Å². The fourth-order valence-corrected chi connectivity index (χ4v) is 2.38. The molecule has 0 saturated carbocycles. The predicted molar refractivity (Wildman–Crippen MR) is 81.6 cm³/mol. The van der Waals surface area contributed by atoms with Crippen LogP contribution in [0.25, 0.3) is 0 Å². The quantitative estimate of drug-likeness (QED) is 0.512. The van der Waals surface area contributed by atoms with Gasteiger partial charge in [-0.15, -0.1) is 0 Å². The van der Waals surface area contributed by atoms with E-state index in [4.69, 9.17) is 4.99 Å². The van der Waals surface area contributed by atoms with Crippen molar-refractivity contribution in [1.82, 2.24) is 4.90 Å². The van der Waals surface area contributed by atoms with Crippen LogP contribution >= 0.6 is 0 Å². The largest absolute Gasteiger partial charge is 0.303 e. The molecular weight excluding hydrogens is 220 g/mol. The second-order valence-electron chi connectivity index (χ2n) is 6.93. The van der Waals surface area contributed by atoms with Crippen molar-refractivity contribution in [2.24, 2.45) is 10.4 Å². The third-order valence-corrected chi connectivity index (χ3v) is 3.70. The molecule has 1 fully saturated rings. The highest BCUT2D eigenvalue weighted by Gasteiger charge is 2.10. The van der Waals surface area contributed by atoms with E-state index < -0.39 is 0 Å². The molecule has 1 rings (SSSR count). The lowest BCUT2D eigenvalue weighted by Crippen LogP contribution is -2.30. The minimum atomic E-state index is 0.435. The summed E-state index contributed by atoms with van der Waals surface area (Å²) in [4.78, 5) is 7.30. The maximum Gasteiger partial charge on any atom is 0.0400 e. The van der Waals surface area contributed by atoms with Gasteiger partial charge in [-0.05, 0) is 64.1 Å². The van der Waals surface area contributed by atoms with Crippen molar-refractivity contribution in [3.63, 3.8) is 0 Å². The van der Waals surface area contributed by atoms with Gasteiger partial charge in [-0.25, -0.2) is 0 Å². The maximum atomic E-state index is 4.70. The van der Waals surface area contributed by atoms with Gasteiger partial charge in [-0.1, -0.05) is 27.2 Å². The predicted octanol–water partition coefficient (Wildman–Crippen LogP) is 4.15. The molecule has 1 aliphatic heterocycles. The van der Waals surface area contributed by atoms with Gasteiger partial charge in [0.25, 0.3) is 0 Å². The summed E-state index contributed by atoms with van der Waals surface area (Å²) in [6, 6.07) is 0. The summed E-state index contributed by atoms with van der Waals surface area (Å²) in [5, 5.41) is 0. The molecule has 0 unspecified atom stereocenters. The van der Waals surface area contributed by atoms with Crippen LogP contribution in [0.5, 0.6) is 0 Å². The standard InChI is InChI=1S/C16H32N2/c1-15(9-10-16(2,3)4)17-11-8-14-18-12-6-5-7-13-18/h5-14H2,1-4H3. The molecule has 0 spiro atoms. The Morgan fingerprint density at radius 1 is 1.11 bits per heavy atom. The Hall–Kier alpha value is -0.370. The molecule has 1 aliphatic rings. The molecule has 1 heterocycles. The van der Waals surface area contributed by atoms with Crippen LogP contribution in [0.1, 0.15) is 66.2 Å². The van der Waals surface area contributed by atoms with Gasteiger partial charge in [0, 0.05) is 12.3 Å². The summed E-state index contributed by atoms with van der Waals surface area (Å²) in [6.45, 7) is 14.0. The van der Waals surface area contributed by atoms with Gasteiger partial charge in [-0.2, -0.15) is 0 Å². The molecule has 0 N–H and O–H groups in total. The number of piperidine rings is 1. The summed E-state index contributed by atoms with van der Waals surface area (Å²) >= 11 is 0. The number of rotatable bonds is 6. The molecular formula is C16H32N2. The lowest BCUT2D eigenvalue weighted by atomic mass is 9.90. The van der Waals surface area contributed by atoms with E-state index in [1.165, 1.54) is 57.5 Å². The summed E-state index contributed by atoms with van der Waals surface area (Å²) in [5.41, 5.74) is 1.77. The highest BCUT2D eigenvalue weighted by Crippen LogP contribution is 2.20. The molecule has 0 radical (unpaired) electrons. The molecule has 0 amide bonds. The van der Waals surface area contributed by atoms with Gasteiger partial charge in [0.1, 0.15) is 0 Å². The highest BCUT2D eigenvalue weighted by atomic mass is 15.1. The summed E-state index contributed by atoms with van der Waals surface area (Å²) in [5.74, 6) is 0. The molecule has 0 atom stereocenters. The van der Waals surface area contributed by atoms with E-state index in [-0.39, 0.29) is 0 Å². The van der Waals surface area contributed by atoms with Crippen LogP contribution in [0.3, 0.4) is 0 Å². The lowest BCUT2D eigenvalue weighted by Gasteiger charge is -2.25. The molecule has 2 heteroatoms. The number of aliphatic imine (C=N–C) groups is 1. The molecule has 0 aromatic carbocycles. The zero-order valence-electron chi connectivity index (χ0n) is 13.0. The third-order valence-electron chi connectivity index (χ3n) is 3.70. The summed E-state index contributed by atoms with van der Waals surface area (Å²) in [6.07, 6.45) is 7.86. The van der Waals surface area contributed by atoms with Crippen LogP contribution in [0.2, 0.25) is 0 Å². The maximum absolute atomic E-state index is 4.70. The average Bonchev–Trinajstić information content (AvgIpc) is 2.33. The minimum Gasteiger partial charge on any atom is -0.303 e. The normalized spacial score (nSPS) is 19.2. The minimum absolute atomic E-state index is 0.435. The van der Waals surface area contributed by atoms with Gasteiger partial charge in [0.2, 0.25) is 0 Å². The third kappa shape index (κ3) is 7.86. The lowest BCUT2D eigenvalue weighted by molar-refractivity contribution is 0.228. The molecule has 0 bridgehead atoms. The Balaban J connectivity index is 2.07. The van der Waals surface area contributed by atoms with Gasteiger partial charge >= 0.3 is 0 Å². The molecule has 18 heavy (non-hydrogen) atoms. The zero-order chi connectivity index (χ0) is 13.4. The Kier molecular flexibility index (Phi) is 6.91. The first kappa shape index (κ1) is 15.7. The molecule has 0 aliphatic carbocycles. The van der Waals surface area contributed by atoms with E-state index >= 15 is 0 Å². The first-order valence-corrected chi connectivity index (χ1v) is 7.70. The molecule has 0 aromatic heterocycles. The number of hydrogen-bond donors (Lipinski definition) is 0. The number of likely N-dealkylation sites (tertiary alicyclic amines) is 1. The Bertz CT molecular complexity index is 244. The van der Waals surface area contributed by atoms with Crippen LogP contribution in [-0.4, -0.2) is 36.8 Å². The molecule has 0 aromatic rings. The number of hydrogen-bond acceptors (Lipinski definition) is 2. The van der Waals surface area contributed by atoms with Crippen molar-refractivity contribution >= 4 is 5.71 Å². The number of nitrogens with zero attached hydrogens (tertiary/aromatic N) is 2. The Labute approximate surface area is 114 Å². The smallest absolute Gasteiger partial charge is 0.0400 e. The fraction of sp³-hybridized carbons (Fsp3) is 0.938. The topological polar surface area (TPSA) is 15.6 Å². The van der Waals surface area contributed by atoms with Crippen molar-refractivity contribution in [3.8, 4) is 0 Å². The van der Waals surface area contributed by atoms with Crippen LogP contribution in [0, 0.1) is 5.41 Å². The monoisotopic (exact) mass is 252 g/mol. The van der Waals surface area contributed by atoms with E-state index in [1.807, 2.05) is 0 Å². The summed E-state index contributed by atoms with van der Waals surface area (Å²) < 4.78 is 0. The molecule has 1 saturated heterocycles. The second-order valence-corrected chi connectivity index (χ2v) is 6.93. The SMILES string of the molecule is CC(CCC(C)(C)C)=NCCCN1CCCCC1. The van der Waals surface area contributed by atoms with Gasteiger partial charge < -0.3 is 4.90 Å². The molecule has 2 nitrogen and oxygen atoms in total. The van der Waals surface area contributed by atoms with E-state index in [9.17, 15) is 0 Å². The van der Waals surface area contributed by atoms with Crippen molar-refractivity contribution in [1.29, 1.82) is 0 Å². The van der Waals surface area contributed by atoms with E-state index in [0.29, 0.717) is 5.41 Å². The van der Waals surface area contributed by atoms with Gasteiger partial charge in [0.05, 0.1) is 0 Å². The van der Waals surface area contributed by atoms with Gasteiger partial charge in [-0.3, -0.25) is 4.99 Å². The van der Waals surface area contributed by atoms with Crippen molar-refractivity contribution < 1.29 is 0 Å². The van der Waals surface area contributed by atoms with E-state index in [1.54, 1.807) is 0 Å².